The van der Waals surface area contributed by atoms with E-state index in [1.807, 2.05) is 26.8 Å². The van der Waals surface area contributed by atoms with Gasteiger partial charge in [-0.1, -0.05) is 11.6 Å². The highest BCUT2D eigenvalue weighted by atomic mass is 32.2. The summed E-state index contributed by atoms with van der Waals surface area (Å²) < 4.78 is 32.8. The Morgan fingerprint density at radius 3 is 2.73 bits per heavy atom. The molecule has 1 atom stereocenters. The summed E-state index contributed by atoms with van der Waals surface area (Å²) in [5.74, 6) is 0.624. The lowest BCUT2D eigenvalue weighted by Crippen LogP contribution is -2.41. The van der Waals surface area contributed by atoms with Gasteiger partial charge in [0.2, 0.25) is 10.0 Å². The van der Waals surface area contributed by atoms with E-state index in [4.69, 9.17) is 4.52 Å². The second-order valence-electron chi connectivity index (χ2n) is 5.82. The van der Waals surface area contributed by atoms with Crippen LogP contribution in [0.1, 0.15) is 36.8 Å². The fourth-order valence-corrected chi connectivity index (χ4v) is 6.09. The molecule has 0 aromatic carbocycles. The first-order valence-electron chi connectivity index (χ1n) is 7.45. The maximum Gasteiger partial charge on any atom is 0.244 e. The molecule has 0 radical (unpaired) electrons. The normalized spacial score (nSPS) is 20.4. The van der Waals surface area contributed by atoms with Gasteiger partial charge in [0, 0.05) is 23.5 Å². The quantitative estimate of drug-likeness (QED) is 0.856. The minimum Gasteiger partial charge on any atom is -0.355 e. The molecule has 1 saturated heterocycles. The number of nitrogens with zero attached hydrogens (tertiary/aromatic N) is 2. The van der Waals surface area contributed by atoms with Crippen molar-refractivity contribution in [1.29, 1.82) is 0 Å². The highest BCUT2D eigenvalue weighted by Crippen LogP contribution is 2.36. The summed E-state index contributed by atoms with van der Waals surface area (Å²) >= 11 is 1.43. The van der Waals surface area contributed by atoms with Crippen molar-refractivity contribution < 1.29 is 12.9 Å². The van der Waals surface area contributed by atoms with E-state index in [-0.39, 0.29) is 6.04 Å². The molecule has 7 heteroatoms. The Bertz CT molecular complexity index is 777. The lowest BCUT2D eigenvalue weighted by molar-refractivity contribution is 0.268. The number of thiophene rings is 1. The monoisotopic (exact) mass is 340 g/mol. The smallest absolute Gasteiger partial charge is 0.244 e. The zero-order chi connectivity index (χ0) is 15.9. The standard InChI is InChI=1S/C15H20N2O3S2/c1-10-8-13(20-16-10)14-9-15(12(3)21-14)22(18,19)17-7-5-4-6-11(17)2/h8-9,11H,4-7H2,1-3H3/t11-/m0/s1. The molecule has 22 heavy (non-hydrogen) atoms. The Balaban J connectivity index is 1.99. The molecular formula is C15H20N2O3S2. The molecule has 0 bridgehead atoms. The predicted molar refractivity (Wildman–Crippen MR) is 86.5 cm³/mol. The van der Waals surface area contributed by atoms with Crippen molar-refractivity contribution in [2.75, 3.05) is 6.54 Å². The van der Waals surface area contributed by atoms with Crippen LogP contribution in [0.4, 0.5) is 0 Å². The number of sulfonamides is 1. The van der Waals surface area contributed by atoms with Crippen LogP contribution in [0.2, 0.25) is 0 Å². The van der Waals surface area contributed by atoms with Crippen molar-refractivity contribution >= 4 is 21.4 Å². The summed E-state index contributed by atoms with van der Waals surface area (Å²) in [5.41, 5.74) is 0.787. The molecule has 2 aromatic heterocycles. The first-order chi connectivity index (χ1) is 10.4. The van der Waals surface area contributed by atoms with E-state index < -0.39 is 10.0 Å². The van der Waals surface area contributed by atoms with Gasteiger partial charge in [0.1, 0.15) is 0 Å². The highest BCUT2D eigenvalue weighted by Gasteiger charge is 2.33. The Hall–Kier alpha value is -1.18. The number of hydrogen-bond donors (Lipinski definition) is 0. The summed E-state index contributed by atoms with van der Waals surface area (Å²) in [6.07, 6.45) is 2.95. The van der Waals surface area contributed by atoms with Gasteiger partial charge in [-0.05, 0) is 39.7 Å². The molecule has 0 amide bonds. The zero-order valence-electron chi connectivity index (χ0n) is 13.0. The molecule has 0 saturated carbocycles. The van der Waals surface area contributed by atoms with Crippen molar-refractivity contribution in [3.05, 3.63) is 22.7 Å². The van der Waals surface area contributed by atoms with Crippen molar-refractivity contribution in [2.45, 2.75) is 51.0 Å². The Kier molecular flexibility index (Phi) is 4.13. The number of hydrogen-bond acceptors (Lipinski definition) is 5. The van der Waals surface area contributed by atoms with Crippen LogP contribution in [0.3, 0.4) is 0 Å². The van der Waals surface area contributed by atoms with Gasteiger partial charge in [-0.15, -0.1) is 11.3 Å². The molecule has 1 aliphatic heterocycles. The second kappa shape index (κ2) is 5.79. The summed E-state index contributed by atoms with van der Waals surface area (Å²) in [6, 6.07) is 3.61. The first kappa shape index (κ1) is 15.7. The van der Waals surface area contributed by atoms with Crippen molar-refractivity contribution in [3.63, 3.8) is 0 Å². The fraction of sp³-hybridized carbons (Fsp3) is 0.533. The minimum atomic E-state index is -3.44. The van der Waals surface area contributed by atoms with Crippen LogP contribution >= 0.6 is 11.3 Å². The lowest BCUT2D eigenvalue weighted by atomic mass is 10.1. The Labute approximate surface area is 135 Å². The van der Waals surface area contributed by atoms with Gasteiger partial charge in [-0.25, -0.2) is 8.42 Å². The van der Waals surface area contributed by atoms with Crippen molar-refractivity contribution in [2.24, 2.45) is 0 Å². The molecule has 1 aliphatic rings. The van der Waals surface area contributed by atoms with Crippen LogP contribution in [-0.4, -0.2) is 30.5 Å². The number of piperidine rings is 1. The van der Waals surface area contributed by atoms with E-state index in [0.29, 0.717) is 17.2 Å². The minimum absolute atomic E-state index is 0.0639. The number of rotatable bonds is 3. The van der Waals surface area contributed by atoms with E-state index >= 15 is 0 Å². The molecule has 3 rings (SSSR count). The van der Waals surface area contributed by atoms with Gasteiger partial charge in [0.25, 0.3) is 0 Å². The molecule has 5 nitrogen and oxygen atoms in total. The largest absolute Gasteiger partial charge is 0.355 e. The van der Waals surface area contributed by atoms with E-state index in [9.17, 15) is 8.42 Å². The third-order valence-corrected chi connectivity index (χ3v) is 7.41. The third-order valence-electron chi connectivity index (χ3n) is 4.07. The Morgan fingerprint density at radius 1 is 1.32 bits per heavy atom. The summed E-state index contributed by atoms with van der Waals surface area (Å²) in [5, 5.41) is 3.87. The first-order valence-corrected chi connectivity index (χ1v) is 9.71. The molecule has 120 valence electrons. The topological polar surface area (TPSA) is 63.4 Å². The zero-order valence-corrected chi connectivity index (χ0v) is 14.6. The fourth-order valence-electron chi connectivity index (χ4n) is 2.88. The summed E-state index contributed by atoms with van der Waals surface area (Å²) in [4.78, 5) is 2.00. The van der Waals surface area contributed by atoms with Crippen LogP contribution in [0.5, 0.6) is 0 Å². The highest BCUT2D eigenvalue weighted by molar-refractivity contribution is 7.89. The molecule has 0 N–H and O–H groups in total. The van der Waals surface area contributed by atoms with Gasteiger partial charge in [0.05, 0.1) is 15.5 Å². The van der Waals surface area contributed by atoms with E-state index in [2.05, 4.69) is 5.16 Å². The average molecular weight is 340 g/mol. The summed E-state index contributed by atoms with van der Waals surface area (Å²) in [6.45, 7) is 6.29. The second-order valence-corrected chi connectivity index (χ2v) is 8.94. The molecule has 2 aromatic rings. The number of aryl methyl sites for hydroxylation is 2. The third kappa shape index (κ3) is 2.73. The van der Waals surface area contributed by atoms with E-state index in [1.165, 1.54) is 11.3 Å². The lowest BCUT2D eigenvalue weighted by Gasteiger charge is -2.32. The van der Waals surface area contributed by atoms with Crippen LogP contribution in [-0.2, 0) is 10.0 Å². The van der Waals surface area contributed by atoms with Crippen molar-refractivity contribution in [3.8, 4) is 10.6 Å². The van der Waals surface area contributed by atoms with E-state index in [0.717, 1.165) is 34.7 Å². The van der Waals surface area contributed by atoms with Crippen LogP contribution in [0.25, 0.3) is 10.6 Å². The average Bonchev–Trinajstić information content (AvgIpc) is 3.05. The summed E-state index contributed by atoms with van der Waals surface area (Å²) in [7, 11) is -3.44. The number of aromatic nitrogens is 1. The van der Waals surface area contributed by atoms with Crippen LogP contribution in [0.15, 0.2) is 21.6 Å². The molecular weight excluding hydrogens is 320 g/mol. The maximum atomic E-state index is 13.0. The molecule has 1 fully saturated rings. The van der Waals surface area contributed by atoms with Gasteiger partial charge in [-0.3, -0.25) is 0 Å². The van der Waals surface area contributed by atoms with Gasteiger partial charge < -0.3 is 4.52 Å². The molecule has 0 spiro atoms. The SMILES string of the molecule is Cc1cc(-c2cc(S(=O)(=O)N3CCCC[C@@H]3C)c(C)s2)on1. The van der Waals surface area contributed by atoms with Gasteiger partial charge >= 0.3 is 0 Å². The predicted octanol–water partition coefficient (Wildman–Crippen LogP) is 3.58. The molecule has 3 heterocycles. The molecule has 0 unspecified atom stereocenters. The maximum absolute atomic E-state index is 13.0. The Morgan fingerprint density at radius 2 is 2.09 bits per heavy atom. The van der Waals surface area contributed by atoms with Crippen LogP contribution in [0, 0.1) is 13.8 Å². The van der Waals surface area contributed by atoms with E-state index in [1.54, 1.807) is 10.4 Å². The van der Waals surface area contributed by atoms with Crippen LogP contribution < -0.4 is 0 Å². The van der Waals surface area contributed by atoms with Crippen molar-refractivity contribution in [1.82, 2.24) is 9.46 Å². The molecule has 0 aliphatic carbocycles. The van der Waals surface area contributed by atoms with Gasteiger partial charge in [-0.2, -0.15) is 4.31 Å². The van der Waals surface area contributed by atoms with Gasteiger partial charge in [0.15, 0.2) is 5.76 Å².